The number of hydrogen-bond donors (Lipinski definition) is 3. The zero-order valence-electron chi connectivity index (χ0n) is 23.7. The Balaban J connectivity index is 1.27. The number of H-pyrrole nitrogens is 2. The quantitative estimate of drug-likeness (QED) is 0.216. The van der Waals surface area contributed by atoms with Gasteiger partial charge in [0.2, 0.25) is 10.0 Å². The third-order valence-corrected chi connectivity index (χ3v) is 8.44. The molecule has 0 saturated carbocycles. The zero-order chi connectivity index (χ0) is 30.4. The lowest BCUT2D eigenvalue weighted by atomic mass is 10.0. The van der Waals surface area contributed by atoms with Gasteiger partial charge in [0.15, 0.2) is 5.82 Å². The van der Waals surface area contributed by atoms with E-state index in [9.17, 15) is 12.8 Å². The Labute approximate surface area is 251 Å². The highest BCUT2D eigenvalue weighted by Gasteiger charge is 2.21. The minimum absolute atomic E-state index is 0.0804. The summed E-state index contributed by atoms with van der Waals surface area (Å²) in [5.41, 5.74) is 5.16. The highest BCUT2D eigenvalue weighted by molar-refractivity contribution is 7.88. The van der Waals surface area contributed by atoms with Crippen LogP contribution in [0.2, 0.25) is 0 Å². The number of benzene rings is 2. The third kappa shape index (κ3) is 5.56. The van der Waals surface area contributed by atoms with Crippen molar-refractivity contribution in [2.45, 2.75) is 25.9 Å². The van der Waals surface area contributed by atoms with Crippen molar-refractivity contribution in [3.05, 3.63) is 83.8 Å². The van der Waals surface area contributed by atoms with Crippen molar-refractivity contribution in [1.82, 2.24) is 39.8 Å². The van der Waals surface area contributed by atoms with Gasteiger partial charge in [0.05, 0.1) is 28.4 Å². The molecular formula is C31H28F2N8O2S. The number of nitrogens with zero attached hydrogens (tertiary/aromatic N) is 5. The molecule has 0 unspecified atom stereocenters. The van der Waals surface area contributed by atoms with Gasteiger partial charge in [-0.15, -0.1) is 0 Å². The smallest absolute Gasteiger partial charge is 0.209 e. The van der Waals surface area contributed by atoms with Crippen molar-refractivity contribution in [3.63, 3.8) is 0 Å². The Kier molecular flexibility index (Phi) is 7.15. The Hall–Kier alpha value is -4.59. The molecular weight excluding hydrogens is 586 g/mol. The average molecular weight is 615 g/mol. The molecule has 0 aliphatic carbocycles. The first-order chi connectivity index (χ1) is 21.2. The van der Waals surface area contributed by atoms with E-state index in [-0.39, 0.29) is 11.9 Å². The lowest BCUT2D eigenvalue weighted by Crippen LogP contribution is -2.21. The van der Waals surface area contributed by atoms with Crippen molar-refractivity contribution in [3.8, 4) is 33.9 Å². The fraction of sp³-hybridized carbons (Fsp3) is 0.226. The largest absolute Gasteiger partial charge is 0.336 e. The average Bonchev–Trinajstić information content (AvgIpc) is 3.75. The minimum atomic E-state index is -3.47. The molecule has 0 bridgehead atoms. The van der Waals surface area contributed by atoms with Gasteiger partial charge in [0, 0.05) is 48.4 Å². The normalized spacial score (nSPS) is 14.2. The first kappa shape index (κ1) is 28.2. The Morgan fingerprint density at radius 1 is 0.955 bits per heavy atom. The lowest BCUT2D eigenvalue weighted by molar-refractivity contribution is 0.331. The number of nitrogens with one attached hydrogen (secondary N) is 3. The summed E-state index contributed by atoms with van der Waals surface area (Å²) in [6.45, 7) is 2.80. The number of rotatable bonds is 8. The fourth-order valence-corrected chi connectivity index (χ4v) is 6.18. The Bertz CT molecular complexity index is 2140. The maximum atomic E-state index is 16.3. The minimum Gasteiger partial charge on any atom is -0.336 e. The van der Waals surface area contributed by atoms with E-state index < -0.39 is 21.7 Å². The summed E-state index contributed by atoms with van der Waals surface area (Å²) in [5.74, 6) is -0.680. The van der Waals surface area contributed by atoms with E-state index in [4.69, 9.17) is 4.98 Å². The van der Waals surface area contributed by atoms with Crippen LogP contribution in [0.25, 0.3) is 55.8 Å². The van der Waals surface area contributed by atoms with Gasteiger partial charge in [-0.25, -0.2) is 26.9 Å². The van der Waals surface area contributed by atoms with Gasteiger partial charge in [0.25, 0.3) is 0 Å². The van der Waals surface area contributed by atoms with Crippen LogP contribution < -0.4 is 4.72 Å². The molecule has 0 spiro atoms. The van der Waals surface area contributed by atoms with Crippen LogP contribution in [-0.2, 0) is 23.1 Å². The van der Waals surface area contributed by atoms with Gasteiger partial charge in [-0.3, -0.25) is 20.0 Å². The van der Waals surface area contributed by atoms with Gasteiger partial charge >= 0.3 is 0 Å². The maximum Gasteiger partial charge on any atom is 0.209 e. The van der Waals surface area contributed by atoms with Gasteiger partial charge < -0.3 is 4.98 Å². The molecule has 44 heavy (non-hydrogen) atoms. The van der Waals surface area contributed by atoms with Crippen LogP contribution in [-0.4, -0.2) is 62.8 Å². The molecule has 4 aromatic heterocycles. The van der Waals surface area contributed by atoms with Crippen LogP contribution >= 0.6 is 0 Å². The molecule has 224 valence electrons. The second-order valence-electron chi connectivity index (χ2n) is 11.1. The van der Waals surface area contributed by atoms with Crippen molar-refractivity contribution in [2.75, 3.05) is 19.3 Å². The molecule has 1 fully saturated rings. The second kappa shape index (κ2) is 11.2. The zero-order valence-corrected chi connectivity index (χ0v) is 24.5. The van der Waals surface area contributed by atoms with Crippen LogP contribution in [0.5, 0.6) is 0 Å². The standard InChI is InChI=1S/C31H28F2N8O2S/c1-44(42,43)36-15-18-10-20(13-22(32)12-18)28-29-25(6-7-35-28)37-31(38-29)30-26-24(39-40-30)5-4-23(27(26)33)21-11-19(14-34-16-21)17-41-8-2-3-9-41/h4-7,10-14,16,36H,2-3,8-9,15,17H2,1H3,(H,37,38)(H,39,40). The summed E-state index contributed by atoms with van der Waals surface area (Å²) in [5, 5.41) is 7.58. The van der Waals surface area contributed by atoms with Crippen LogP contribution in [0, 0.1) is 11.6 Å². The van der Waals surface area contributed by atoms with Crippen LogP contribution in [0.1, 0.15) is 24.0 Å². The molecule has 0 atom stereocenters. The van der Waals surface area contributed by atoms with E-state index in [1.807, 2.05) is 12.3 Å². The maximum absolute atomic E-state index is 16.3. The number of hydrogen-bond acceptors (Lipinski definition) is 7. The third-order valence-electron chi connectivity index (χ3n) is 7.77. The number of imidazole rings is 1. The molecule has 13 heteroatoms. The number of halogens is 2. The number of likely N-dealkylation sites (tertiary alicyclic amines) is 1. The van der Waals surface area contributed by atoms with Crippen molar-refractivity contribution < 1.29 is 17.2 Å². The summed E-state index contributed by atoms with van der Waals surface area (Å²) >= 11 is 0. The van der Waals surface area contributed by atoms with E-state index in [1.54, 1.807) is 36.7 Å². The number of aromatic amines is 2. The van der Waals surface area contributed by atoms with E-state index in [0.717, 1.165) is 31.5 Å². The van der Waals surface area contributed by atoms with Crippen molar-refractivity contribution in [2.24, 2.45) is 0 Å². The summed E-state index contributed by atoms with van der Waals surface area (Å²) < 4.78 is 56.4. The number of aromatic nitrogens is 6. The molecule has 5 heterocycles. The number of sulfonamides is 1. The van der Waals surface area contributed by atoms with Gasteiger partial charge in [-0.05, 0) is 79.5 Å². The molecule has 10 nitrogen and oxygen atoms in total. The monoisotopic (exact) mass is 614 g/mol. The lowest BCUT2D eigenvalue weighted by Gasteiger charge is -2.15. The van der Waals surface area contributed by atoms with Crippen molar-refractivity contribution in [1.29, 1.82) is 0 Å². The molecule has 2 aromatic carbocycles. The molecule has 7 rings (SSSR count). The molecule has 6 aromatic rings. The Morgan fingerprint density at radius 2 is 1.77 bits per heavy atom. The van der Waals surface area contributed by atoms with Crippen LogP contribution in [0.15, 0.2) is 61.1 Å². The molecule has 0 radical (unpaired) electrons. The van der Waals surface area contributed by atoms with E-state index in [0.29, 0.717) is 56.0 Å². The summed E-state index contributed by atoms with van der Waals surface area (Å²) in [7, 11) is -3.47. The van der Waals surface area contributed by atoms with E-state index >= 15 is 4.39 Å². The molecule has 3 N–H and O–H groups in total. The van der Waals surface area contributed by atoms with E-state index in [1.165, 1.54) is 25.0 Å². The highest BCUT2D eigenvalue weighted by atomic mass is 32.2. The van der Waals surface area contributed by atoms with Gasteiger partial charge in [-0.1, -0.05) is 0 Å². The predicted molar refractivity (Wildman–Crippen MR) is 164 cm³/mol. The predicted octanol–water partition coefficient (Wildman–Crippen LogP) is 5.15. The molecule has 1 saturated heterocycles. The van der Waals surface area contributed by atoms with Gasteiger partial charge in [-0.2, -0.15) is 5.10 Å². The summed E-state index contributed by atoms with van der Waals surface area (Å²) in [6, 6.07) is 11.4. The Morgan fingerprint density at radius 3 is 2.59 bits per heavy atom. The van der Waals surface area contributed by atoms with Gasteiger partial charge in [0.1, 0.15) is 22.8 Å². The fourth-order valence-electron chi connectivity index (χ4n) is 5.75. The summed E-state index contributed by atoms with van der Waals surface area (Å²) in [4.78, 5) is 19.1. The highest BCUT2D eigenvalue weighted by Crippen LogP contribution is 2.35. The topological polar surface area (TPSA) is 133 Å². The molecule has 0 amide bonds. The van der Waals surface area contributed by atoms with Crippen molar-refractivity contribution >= 4 is 32.0 Å². The van der Waals surface area contributed by atoms with Crippen LogP contribution in [0.4, 0.5) is 8.78 Å². The number of pyridine rings is 2. The van der Waals surface area contributed by atoms with Crippen LogP contribution in [0.3, 0.4) is 0 Å². The molecule has 1 aliphatic heterocycles. The molecule has 1 aliphatic rings. The first-order valence-electron chi connectivity index (χ1n) is 14.1. The summed E-state index contributed by atoms with van der Waals surface area (Å²) in [6.07, 6.45) is 8.46. The number of fused-ring (bicyclic) bond motifs is 2. The first-order valence-corrected chi connectivity index (χ1v) is 16.0. The van der Waals surface area contributed by atoms with E-state index in [2.05, 4.69) is 34.8 Å². The SMILES string of the molecule is CS(=O)(=O)NCc1cc(F)cc(-c2nccc3[nH]c(-c4n[nH]c5ccc(-c6cncc(CN7CCCC7)c6)c(F)c45)nc23)c1. The second-order valence-corrected chi connectivity index (χ2v) is 12.9.